The molecule has 1 N–H and O–H groups in total. The van der Waals surface area contributed by atoms with Crippen LogP contribution in [0.25, 0.3) is 0 Å². The Morgan fingerprint density at radius 3 is 2.64 bits per heavy atom. The van der Waals surface area contributed by atoms with E-state index in [-0.39, 0.29) is 0 Å². The van der Waals surface area contributed by atoms with Gasteiger partial charge in [0.2, 0.25) is 0 Å². The fourth-order valence-corrected chi connectivity index (χ4v) is 1.72. The molecule has 0 atom stereocenters. The second kappa shape index (κ2) is 3.73. The van der Waals surface area contributed by atoms with Crippen LogP contribution in [0, 0.1) is 16.7 Å². The summed E-state index contributed by atoms with van der Waals surface area (Å²) in [6, 6.07) is 2.10. The molecule has 0 aromatic carbocycles. The highest BCUT2D eigenvalue weighted by molar-refractivity contribution is 4.89. The molecule has 0 unspecified atom stereocenters. The summed E-state index contributed by atoms with van der Waals surface area (Å²) in [4.78, 5) is 0. The quantitative estimate of drug-likeness (QED) is 0.491. The standard InChI is InChI=1S/C9H16N2/c1-2-9(4-3-5-9)8-11-7-6-10/h11H,2-5,7-8H2,1H3. The molecule has 11 heavy (non-hydrogen) atoms. The second-order valence-electron chi connectivity index (χ2n) is 3.47. The Morgan fingerprint density at radius 2 is 2.27 bits per heavy atom. The minimum atomic E-state index is 0.502. The Balaban J connectivity index is 2.17. The first-order valence-electron chi connectivity index (χ1n) is 4.41. The summed E-state index contributed by atoms with van der Waals surface area (Å²) in [7, 11) is 0. The summed E-state index contributed by atoms with van der Waals surface area (Å²) in [5, 5.41) is 11.5. The van der Waals surface area contributed by atoms with Crippen molar-refractivity contribution in [2.24, 2.45) is 5.41 Å². The van der Waals surface area contributed by atoms with E-state index in [1.54, 1.807) is 0 Å². The van der Waals surface area contributed by atoms with Crippen molar-refractivity contribution in [3.05, 3.63) is 0 Å². The van der Waals surface area contributed by atoms with E-state index in [2.05, 4.69) is 18.3 Å². The molecule has 1 saturated carbocycles. The number of rotatable bonds is 4. The van der Waals surface area contributed by atoms with E-state index >= 15 is 0 Å². The van der Waals surface area contributed by atoms with Gasteiger partial charge in [0.1, 0.15) is 0 Å². The van der Waals surface area contributed by atoms with Crippen molar-refractivity contribution in [1.82, 2.24) is 5.32 Å². The zero-order chi connectivity index (χ0) is 8.16. The molecule has 0 aromatic heterocycles. The van der Waals surface area contributed by atoms with E-state index in [4.69, 9.17) is 5.26 Å². The van der Waals surface area contributed by atoms with Crippen molar-refractivity contribution in [2.75, 3.05) is 13.1 Å². The number of nitriles is 1. The maximum absolute atomic E-state index is 8.31. The van der Waals surface area contributed by atoms with Gasteiger partial charge in [0, 0.05) is 6.54 Å². The molecule has 0 aromatic rings. The normalized spacial score (nSPS) is 20.4. The van der Waals surface area contributed by atoms with Crippen LogP contribution in [0.3, 0.4) is 0 Å². The van der Waals surface area contributed by atoms with Crippen LogP contribution in [-0.2, 0) is 0 Å². The first-order chi connectivity index (χ1) is 5.33. The summed E-state index contributed by atoms with van der Waals surface area (Å²) >= 11 is 0. The molecule has 0 spiro atoms. The molecular formula is C9H16N2. The van der Waals surface area contributed by atoms with E-state index in [1.165, 1.54) is 25.7 Å². The molecule has 0 heterocycles. The van der Waals surface area contributed by atoms with Crippen molar-refractivity contribution >= 4 is 0 Å². The third-order valence-corrected chi connectivity index (χ3v) is 2.87. The van der Waals surface area contributed by atoms with Crippen LogP contribution < -0.4 is 5.32 Å². The largest absolute Gasteiger partial charge is 0.304 e. The number of nitrogens with zero attached hydrogens (tertiary/aromatic N) is 1. The lowest BCUT2D eigenvalue weighted by Gasteiger charge is -2.41. The van der Waals surface area contributed by atoms with Gasteiger partial charge in [-0.1, -0.05) is 13.3 Å². The topological polar surface area (TPSA) is 35.8 Å². The van der Waals surface area contributed by atoms with Gasteiger partial charge in [-0.05, 0) is 24.7 Å². The SMILES string of the molecule is CCC1(CNCC#N)CCC1. The fourth-order valence-electron chi connectivity index (χ4n) is 1.72. The Kier molecular flexibility index (Phi) is 2.90. The summed E-state index contributed by atoms with van der Waals surface area (Å²) < 4.78 is 0. The summed E-state index contributed by atoms with van der Waals surface area (Å²) in [6.07, 6.45) is 5.33. The minimum absolute atomic E-state index is 0.502. The van der Waals surface area contributed by atoms with Crippen molar-refractivity contribution in [3.8, 4) is 6.07 Å². The monoisotopic (exact) mass is 152 g/mol. The summed E-state index contributed by atoms with van der Waals surface area (Å²) in [6.45, 7) is 3.78. The molecular weight excluding hydrogens is 136 g/mol. The maximum Gasteiger partial charge on any atom is 0.0841 e. The number of nitrogens with one attached hydrogen (secondary N) is 1. The lowest BCUT2D eigenvalue weighted by atomic mass is 9.67. The van der Waals surface area contributed by atoms with Crippen LogP contribution >= 0.6 is 0 Å². The van der Waals surface area contributed by atoms with Crippen LogP contribution in [-0.4, -0.2) is 13.1 Å². The zero-order valence-electron chi connectivity index (χ0n) is 7.19. The first kappa shape index (κ1) is 8.55. The zero-order valence-corrected chi connectivity index (χ0v) is 7.19. The highest BCUT2D eigenvalue weighted by atomic mass is 14.9. The van der Waals surface area contributed by atoms with Crippen molar-refractivity contribution in [1.29, 1.82) is 5.26 Å². The van der Waals surface area contributed by atoms with Gasteiger partial charge in [-0.15, -0.1) is 0 Å². The molecule has 2 nitrogen and oxygen atoms in total. The van der Waals surface area contributed by atoms with Crippen LogP contribution in [0.15, 0.2) is 0 Å². The third-order valence-electron chi connectivity index (χ3n) is 2.87. The predicted molar refractivity (Wildman–Crippen MR) is 45.1 cm³/mol. The van der Waals surface area contributed by atoms with Gasteiger partial charge < -0.3 is 5.32 Å². The Hall–Kier alpha value is -0.550. The van der Waals surface area contributed by atoms with Gasteiger partial charge in [0.15, 0.2) is 0 Å². The summed E-state index contributed by atoms with van der Waals surface area (Å²) in [5.74, 6) is 0. The first-order valence-corrected chi connectivity index (χ1v) is 4.41. The van der Waals surface area contributed by atoms with E-state index in [1.807, 2.05) is 0 Å². The van der Waals surface area contributed by atoms with E-state index in [0.29, 0.717) is 12.0 Å². The highest BCUT2D eigenvalue weighted by Gasteiger charge is 2.34. The highest BCUT2D eigenvalue weighted by Crippen LogP contribution is 2.42. The molecule has 0 aliphatic heterocycles. The number of hydrogen-bond donors (Lipinski definition) is 1. The molecule has 0 saturated heterocycles. The Bertz CT molecular complexity index is 148. The van der Waals surface area contributed by atoms with Crippen LogP contribution in [0.4, 0.5) is 0 Å². The van der Waals surface area contributed by atoms with Crippen LogP contribution in [0.1, 0.15) is 32.6 Å². The minimum Gasteiger partial charge on any atom is -0.304 e. The molecule has 1 fully saturated rings. The van der Waals surface area contributed by atoms with Crippen molar-refractivity contribution in [2.45, 2.75) is 32.6 Å². The van der Waals surface area contributed by atoms with E-state index in [0.717, 1.165) is 6.54 Å². The van der Waals surface area contributed by atoms with Gasteiger partial charge >= 0.3 is 0 Å². The average molecular weight is 152 g/mol. The molecule has 2 heteroatoms. The van der Waals surface area contributed by atoms with Crippen molar-refractivity contribution in [3.63, 3.8) is 0 Å². The third kappa shape index (κ3) is 1.94. The van der Waals surface area contributed by atoms with E-state index < -0.39 is 0 Å². The van der Waals surface area contributed by atoms with Gasteiger partial charge in [0.25, 0.3) is 0 Å². The Morgan fingerprint density at radius 1 is 1.55 bits per heavy atom. The molecule has 0 bridgehead atoms. The van der Waals surface area contributed by atoms with Gasteiger partial charge in [-0.25, -0.2) is 0 Å². The van der Waals surface area contributed by atoms with Crippen LogP contribution in [0.5, 0.6) is 0 Å². The fraction of sp³-hybridized carbons (Fsp3) is 0.889. The van der Waals surface area contributed by atoms with Crippen molar-refractivity contribution < 1.29 is 0 Å². The smallest absolute Gasteiger partial charge is 0.0841 e. The predicted octanol–water partition coefficient (Wildman–Crippen LogP) is 1.68. The average Bonchev–Trinajstić information content (AvgIpc) is 1.95. The lowest BCUT2D eigenvalue weighted by Crippen LogP contribution is -2.39. The van der Waals surface area contributed by atoms with E-state index in [9.17, 15) is 0 Å². The summed E-state index contributed by atoms with van der Waals surface area (Å²) in [5.41, 5.74) is 0.552. The number of hydrogen-bond acceptors (Lipinski definition) is 2. The van der Waals surface area contributed by atoms with Gasteiger partial charge in [0.05, 0.1) is 12.6 Å². The second-order valence-corrected chi connectivity index (χ2v) is 3.47. The van der Waals surface area contributed by atoms with Gasteiger partial charge in [-0.3, -0.25) is 0 Å². The lowest BCUT2D eigenvalue weighted by molar-refractivity contribution is 0.126. The van der Waals surface area contributed by atoms with Gasteiger partial charge in [-0.2, -0.15) is 5.26 Å². The molecule has 1 aliphatic rings. The molecule has 1 aliphatic carbocycles. The molecule has 1 rings (SSSR count). The Labute approximate surface area is 68.6 Å². The molecule has 0 amide bonds. The maximum atomic E-state index is 8.31. The molecule has 62 valence electrons. The molecule has 0 radical (unpaired) electrons. The van der Waals surface area contributed by atoms with Crippen LogP contribution in [0.2, 0.25) is 0 Å².